The van der Waals surface area contributed by atoms with Crippen molar-refractivity contribution in [1.82, 2.24) is 15.2 Å². The van der Waals surface area contributed by atoms with Gasteiger partial charge in [-0.1, -0.05) is 48.2 Å². The third-order valence-corrected chi connectivity index (χ3v) is 5.65. The number of pyridine rings is 1. The summed E-state index contributed by atoms with van der Waals surface area (Å²) in [6.07, 6.45) is 0. The van der Waals surface area contributed by atoms with Crippen LogP contribution in [0.15, 0.2) is 58.2 Å². The van der Waals surface area contributed by atoms with Crippen LogP contribution in [0.25, 0.3) is 22.4 Å². The SMILES string of the molecule is CCOC(=O)c1c(CSc2nnc(-c3ccccc3C)o2)nc2ccccc2c1C. The van der Waals surface area contributed by atoms with E-state index in [1.54, 1.807) is 6.92 Å². The smallest absolute Gasteiger partial charge is 0.340 e. The van der Waals surface area contributed by atoms with Crippen LogP contribution in [0.5, 0.6) is 0 Å². The Labute approximate surface area is 178 Å². The van der Waals surface area contributed by atoms with Crippen molar-refractivity contribution in [3.8, 4) is 11.5 Å². The Morgan fingerprint density at radius 3 is 2.63 bits per heavy atom. The number of rotatable bonds is 6. The van der Waals surface area contributed by atoms with Gasteiger partial charge in [-0.3, -0.25) is 4.98 Å². The van der Waals surface area contributed by atoms with E-state index in [0.717, 1.165) is 27.6 Å². The molecule has 0 aliphatic carbocycles. The molecule has 4 rings (SSSR count). The summed E-state index contributed by atoms with van der Waals surface area (Å²) in [6, 6.07) is 15.6. The number of nitrogens with zero attached hydrogens (tertiary/aromatic N) is 3. The number of carbonyl (C=O) groups excluding carboxylic acids is 1. The Kier molecular flexibility index (Phi) is 5.81. The average Bonchev–Trinajstić information content (AvgIpc) is 3.21. The Bertz CT molecular complexity index is 1220. The quantitative estimate of drug-likeness (QED) is 0.307. The van der Waals surface area contributed by atoms with E-state index >= 15 is 0 Å². The second-order valence-electron chi connectivity index (χ2n) is 6.77. The molecule has 7 heteroatoms. The van der Waals surface area contributed by atoms with Crippen molar-refractivity contribution in [2.45, 2.75) is 31.7 Å². The topological polar surface area (TPSA) is 78.1 Å². The van der Waals surface area contributed by atoms with Crippen LogP contribution in [0.3, 0.4) is 0 Å². The van der Waals surface area contributed by atoms with Gasteiger partial charge in [0.2, 0.25) is 5.89 Å². The minimum Gasteiger partial charge on any atom is -0.462 e. The second-order valence-corrected chi connectivity index (χ2v) is 7.70. The monoisotopic (exact) mass is 419 g/mol. The van der Waals surface area contributed by atoms with E-state index in [0.29, 0.717) is 34.7 Å². The first kappa shape index (κ1) is 20.1. The number of para-hydroxylation sites is 1. The highest BCUT2D eigenvalue weighted by Crippen LogP contribution is 2.30. The first-order chi connectivity index (χ1) is 14.6. The molecule has 2 aromatic heterocycles. The maximum absolute atomic E-state index is 12.6. The molecule has 0 aliphatic heterocycles. The average molecular weight is 420 g/mol. The number of aromatic nitrogens is 3. The third-order valence-electron chi connectivity index (χ3n) is 4.82. The molecule has 0 amide bonds. The number of hydrogen-bond donors (Lipinski definition) is 0. The molecule has 0 saturated carbocycles. The highest BCUT2D eigenvalue weighted by molar-refractivity contribution is 7.98. The van der Waals surface area contributed by atoms with E-state index in [1.165, 1.54) is 11.8 Å². The summed E-state index contributed by atoms with van der Waals surface area (Å²) in [5.41, 5.74) is 4.82. The van der Waals surface area contributed by atoms with Crippen LogP contribution in [0.4, 0.5) is 0 Å². The van der Waals surface area contributed by atoms with Crippen molar-refractivity contribution >= 4 is 28.6 Å². The summed E-state index contributed by atoms with van der Waals surface area (Å²) in [4.78, 5) is 17.4. The van der Waals surface area contributed by atoms with E-state index in [9.17, 15) is 4.79 Å². The molecule has 0 unspecified atom stereocenters. The number of carbonyl (C=O) groups is 1. The fourth-order valence-electron chi connectivity index (χ4n) is 3.34. The highest BCUT2D eigenvalue weighted by atomic mass is 32.2. The maximum atomic E-state index is 12.6. The fourth-order valence-corrected chi connectivity index (χ4v) is 4.04. The van der Waals surface area contributed by atoms with Crippen molar-refractivity contribution in [1.29, 1.82) is 0 Å². The molecule has 0 spiro atoms. The first-order valence-electron chi connectivity index (χ1n) is 9.66. The molecule has 0 radical (unpaired) electrons. The molecule has 0 saturated heterocycles. The Morgan fingerprint density at radius 1 is 1.07 bits per heavy atom. The van der Waals surface area contributed by atoms with Crippen molar-refractivity contribution in [2.75, 3.05) is 6.61 Å². The van der Waals surface area contributed by atoms with Gasteiger partial charge < -0.3 is 9.15 Å². The molecule has 0 atom stereocenters. The minimum absolute atomic E-state index is 0.307. The number of benzene rings is 2. The van der Waals surface area contributed by atoms with Crippen LogP contribution in [-0.2, 0) is 10.5 Å². The number of esters is 1. The van der Waals surface area contributed by atoms with Crippen LogP contribution in [0.1, 0.15) is 34.1 Å². The molecule has 0 aliphatic rings. The molecule has 152 valence electrons. The van der Waals surface area contributed by atoms with Gasteiger partial charge in [0.25, 0.3) is 5.22 Å². The standard InChI is InChI=1S/C23H21N3O3S/c1-4-28-22(27)20-15(3)17-11-7-8-12-18(17)24-19(20)13-30-23-26-25-21(29-23)16-10-6-5-9-14(16)2/h5-12H,4,13H2,1-3H3. The third kappa shape index (κ3) is 3.93. The van der Waals surface area contributed by atoms with Gasteiger partial charge in [0.1, 0.15) is 0 Å². The normalized spacial score (nSPS) is 11.0. The molecule has 4 aromatic rings. The number of fused-ring (bicyclic) bond motifs is 1. The van der Waals surface area contributed by atoms with E-state index < -0.39 is 0 Å². The highest BCUT2D eigenvalue weighted by Gasteiger charge is 2.21. The molecule has 0 N–H and O–H groups in total. The van der Waals surface area contributed by atoms with E-state index in [4.69, 9.17) is 14.1 Å². The van der Waals surface area contributed by atoms with E-state index in [-0.39, 0.29) is 5.97 Å². The van der Waals surface area contributed by atoms with Crippen molar-refractivity contribution in [2.24, 2.45) is 0 Å². The van der Waals surface area contributed by atoms with Gasteiger partial charge in [-0.05, 0) is 44.0 Å². The number of ether oxygens (including phenoxy) is 1. The fraction of sp³-hybridized carbons (Fsp3) is 0.217. The lowest BCUT2D eigenvalue weighted by molar-refractivity contribution is 0.0524. The van der Waals surface area contributed by atoms with Crippen LogP contribution in [-0.4, -0.2) is 27.8 Å². The Balaban J connectivity index is 1.65. The van der Waals surface area contributed by atoms with Gasteiger partial charge in [0.05, 0.1) is 23.4 Å². The van der Waals surface area contributed by atoms with Gasteiger partial charge in [-0.15, -0.1) is 10.2 Å². The predicted molar refractivity (Wildman–Crippen MR) is 116 cm³/mol. The van der Waals surface area contributed by atoms with E-state index in [2.05, 4.69) is 10.2 Å². The molecule has 30 heavy (non-hydrogen) atoms. The first-order valence-corrected chi connectivity index (χ1v) is 10.6. The summed E-state index contributed by atoms with van der Waals surface area (Å²) in [5.74, 6) is 0.522. The second kappa shape index (κ2) is 8.67. The summed E-state index contributed by atoms with van der Waals surface area (Å²) < 4.78 is 11.1. The molecule has 2 aromatic carbocycles. The molecule has 6 nitrogen and oxygen atoms in total. The molecule has 2 heterocycles. The van der Waals surface area contributed by atoms with Gasteiger partial charge in [0, 0.05) is 16.7 Å². The lowest BCUT2D eigenvalue weighted by atomic mass is 10.0. The summed E-state index contributed by atoms with van der Waals surface area (Å²) in [6.45, 7) is 6.02. The maximum Gasteiger partial charge on any atom is 0.340 e. The van der Waals surface area contributed by atoms with Gasteiger partial charge in [0.15, 0.2) is 0 Å². The van der Waals surface area contributed by atoms with E-state index in [1.807, 2.05) is 62.4 Å². The molecule has 0 bridgehead atoms. The lowest BCUT2D eigenvalue weighted by Crippen LogP contribution is -2.12. The Hall–Kier alpha value is -3.19. The molecule has 0 fully saturated rings. The van der Waals surface area contributed by atoms with Crippen LogP contribution in [0, 0.1) is 13.8 Å². The molecular formula is C23H21N3O3S. The lowest BCUT2D eigenvalue weighted by Gasteiger charge is -2.13. The zero-order valence-electron chi connectivity index (χ0n) is 17.0. The van der Waals surface area contributed by atoms with Crippen LogP contribution >= 0.6 is 11.8 Å². The van der Waals surface area contributed by atoms with Crippen molar-refractivity contribution in [3.63, 3.8) is 0 Å². The summed E-state index contributed by atoms with van der Waals surface area (Å²) in [5, 5.41) is 9.68. The van der Waals surface area contributed by atoms with Crippen molar-refractivity contribution < 1.29 is 13.9 Å². The zero-order chi connectivity index (χ0) is 21.1. The number of thioether (sulfide) groups is 1. The van der Waals surface area contributed by atoms with Gasteiger partial charge in [-0.2, -0.15) is 0 Å². The minimum atomic E-state index is -0.366. The van der Waals surface area contributed by atoms with Gasteiger partial charge >= 0.3 is 5.97 Å². The zero-order valence-corrected chi connectivity index (χ0v) is 17.8. The largest absolute Gasteiger partial charge is 0.462 e. The number of aryl methyl sites for hydroxylation is 2. The summed E-state index contributed by atoms with van der Waals surface area (Å²) in [7, 11) is 0. The predicted octanol–water partition coefficient (Wildman–Crippen LogP) is 5.37. The Morgan fingerprint density at radius 2 is 1.83 bits per heavy atom. The van der Waals surface area contributed by atoms with Crippen molar-refractivity contribution in [3.05, 3.63) is 70.9 Å². The van der Waals surface area contributed by atoms with Crippen LogP contribution in [0.2, 0.25) is 0 Å². The van der Waals surface area contributed by atoms with Gasteiger partial charge in [-0.25, -0.2) is 4.79 Å². The summed E-state index contributed by atoms with van der Waals surface area (Å²) >= 11 is 1.35. The number of hydrogen-bond acceptors (Lipinski definition) is 7. The van der Waals surface area contributed by atoms with Crippen LogP contribution < -0.4 is 0 Å². The molecular weight excluding hydrogens is 398 g/mol.